The molecule has 5 nitrogen and oxygen atoms in total. The van der Waals surface area contributed by atoms with Crippen LogP contribution in [0.1, 0.15) is 11.3 Å². The third-order valence-corrected chi connectivity index (χ3v) is 3.26. The van der Waals surface area contributed by atoms with Crippen LogP contribution < -0.4 is 16.2 Å². The van der Waals surface area contributed by atoms with E-state index in [4.69, 9.17) is 5.84 Å². The van der Waals surface area contributed by atoms with Gasteiger partial charge in [-0.05, 0) is 22.4 Å². The zero-order valence-corrected chi connectivity index (χ0v) is 11.3. The van der Waals surface area contributed by atoms with Crippen LogP contribution in [0.15, 0.2) is 22.9 Å². The van der Waals surface area contributed by atoms with E-state index in [1.807, 2.05) is 22.3 Å². The van der Waals surface area contributed by atoms with E-state index in [0.29, 0.717) is 6.54 Å². The van der Waals surface area contributed by atoms with Gasteiger partial charge in [0.2, 0.25) is 5.95 Å². The van der Waals surface area contributed by atoms with Gasteiger partial charge in [-0.25, -0.2) is 10.8 Å². The number of hydrogen-bond acceptors (Lipinski definition) is 6. The largest absolute Gasteiger partial charge is 0.433 e. The van der Waals surface area contributed by atoms with Crippen LogP contribution >= 0.6 is 11.3 Å². The molecule has 0 unspecified atom stereocenters. The molecule has 3 N–H and O–H groups in total. The lowest BCUT2D eigenvalue weighted by atomic mass is 10.3. The van der Waals surface area contributed by atoms with Gasteiger partial charge < -0.3 is 4.90 Å². The highest BCUT2D eigenvalue weighted by Gasteiger charge is 2.34. The first-order valence-electron chi connectivity index (χ1n) is 5.55. The van der Waals surface area contributed by atoms with Crippen LogP contribution in [0.2, 0.25) is 0 Å². The Bertz CT molecular complexity index is 570. The molecule has 0 amide bonds. The van der Waals surface area contributed by atoms with Crippen LogP contribution in [-0.2, 0) is 12.7 Å². The Hall–Kier alpha value is -1.87. The van der Waals surface area contributed by atoms with E-state index in [1.165, 1.54) is 11.3 Å². The molecular weight excluding hydrogens is 291 g/mol. The van der Waals surface area contributed by atoms with Gasteiger partial charge in [0, 0.05) is 19.7 Å². The second-order valence-electron chi connectivity index (χ2n) is 4.06. The monoisotopic (exact) mass is 303 g/mol. The summed E-state index contributed by atoms with van der Waals surface area (Å²) in [5.41, 5.74) is 2.00. The summed E-state index contributed by atoms with van der Waals surface area (Å²) in [6.07, 6.45) is -4.55. The first-order chi connectivity index (χ1) is 9.40. The minimum absolute atomic E-state index is 0.145. The van der Waals surface area contributed by atoms with Gasteiger partial charge in [0.1, 0.15) is 5.82 Å². The van der Waals surface area contributed by atoms with Gasteiger partial charge in [0.15, 0.2) is 5.69 Å². The molecule has 0 atom stereocenters. The zero-order chi connectivity index (χ0) is 14.8. The first-order valence-corrected chi connectivity index (χ1v) is 6.49. The number of alkyl halides is 3. The van der Waals surface area contributed by atoms with Crippen molar-refractivity contribution in [1.29, 1.82) is 0 Å². The molecule has 20 heavy (non-hydrogen) atoms. The highest BCUT2D eigenvalue weighted by atomic mass is 32.1. The summed E-state index contributed by atoms with van der Waals surface area (Å²) in [4.78, 5) is 8.83. The van der Waals surface area contributed by atoms with Crippen LogP contribution in [0.25, 0.3) is 0 Å². The average Bonchev–Trinajstić information content (AvgIpc) is 2.90. The number of hydrogen-bond donors (Lipinski definition) is 2. The molecule has 0 bridgehead atoms. The fourth-order valence-electron chi connectivity index (χ4n) is 1.58. The van der Waals surface area contributed by atoms with E-state index in [2.05, 4.69) is 9.97 Å². The second kappa shape index (κ2) is 5.63. The third-order valence-electron chi connectivity index (χ3n) is 2.52. The van der Waals surface area contributed by atoms with E-state index in [9.17, 15) is 13.2 Å². The smallest absolute Gasteiger partial charge is 0.355 e. The fourth-order valence-corrected chi connectivity index (χ4v) is 2.24. The van der Waals surface area contributed by atoms with Crippen molar-refractivity contribution in [1.82, 2.24) is 9.97 Å². The van der Waals surface area contributed by atoms with Crippen LogP contribution in [0.5, 0.6) is 0 Å². The molecule has 2 aromatic rings. The lowest BCUT2D eigenvalue weighted by Crippen LogP contribution is -2.22. The number of nitrogens with two attached hydrogens (primary N) is 1. The summed E-state index contributed by atoms with van der Waals surface area (Å²) < 4.78 is 38.2. The van der Waals surface area contributed by atoms with Crippen molar-refractivity contribution in [2.24, 2.45) is 5.84 Å². The number of nitrogen functional groups attached to an aromatic ring is 1. The van der Waals surface area contributed by atoms with E-state index in [1.54, 1.807) is 11.9 Å². The van der Waals surface area contributed by atoms with Crippen LogP contribution in [0.4, 0.5) is 24.9 Å². The molecular formula is C11H12F3N5S. The number of aromatic nitrogens is 2. The highest BCUT2D eigenvalue weighted by molar-refractivity contribution is 7.07. The van der Waals surface area contributed by atoms with Crippen LogP contribution in [0, 0.1) is 0 Å². The Morgan fingerprint density at radius 3 is 2.70 bits per heavy atom. The molecule has 0 fully saturated rings. The van der Waals surface area contributed by atoms with Crippen molar-refractivity contribution in [3.05, 3.63) is 34.2 Å². The predicted molar refractivity (Wildman–Crippen MR) is 71.3 cm³/mol. The molecule has 0 aliphatic heterocycles. The standard InChI is InChI=1S/C11H12F3N5S/c1-19(5-7-2-3-20-6-7)9-4-8(11(12,13)14)16-10(17-9)18-15/h2-4,6H,5,15H2,1H3,(H,16,17,18). The molecule has 0 radical (unpaired) electrons. The molecule has 2 aromatic heterocycles. The van der Waals surface area contributed by atoms with Gasteiger partial charge in [-0.3, -0.25) is 5.43 Å². The lowest BCUT2D eigenvalue weighted by molar-refractivity contribution is -0.141. The van der Waals surface area contributed by atoms with E-state index < -0.39 is 11.9 Å². The number of rotatable bonds is 4. The molecule has 0 aliphatic rings. The molecule has 0 spiro atoms. The summed E-state index contributed by atoms with van der Waals surface area (Å²) >= 11 is 1.52. The summed E-state index contributed by atoms with van der Waals surface area (Å²) in [6.45, 7) is 0.446. The maximum atomic E-state index is 12.7. The van der Waals surface area contributed by atoms with Gasteiger partial charge in [0.05, 0.1) is 0 Å². The van der Waals surface area contributed by atoms with Crippen LogP contribution in [0.3, 0.4) is 0 Å². The van der Waals surface area contributed by atoms with Crippen molar-refractivity contribution < 1.29 is 13.2 Å². The summed E-state index contributed by atoms with van der Waals surface area (Å²) in [5, 5.41) is 3.82. The van der Waals surface area contributed by atoms with E-state index in [-0.39, 0.29) is 11.8 Å². The molecule has 108 valence electrons. The number of nitrogens with one attached hydrogen (secondary N) is 1. The van der Waals surface area contributed by atoms with Gasteiger partial charge >= 0.3 is 6.18 Å². The quantitative estimate of drug-likeness (QED) is 0.671. The number of anilines is 2. The Kier molecular flexibility index (Phi) is 4.09. The van der Waals surface area contributed by atoms with Crippen molar-refractivity contribution in [3.63, 3.8) is 0 Å². The number of hydrazine groups is 1. The summed E-state index contributed by atoms with van der Waals surface area (Å²) in [6, 6.07) is 2.79. The molecule has 9 heteroatoms. The van der Waals surface area contributed by atoms with Gasteiger partial charge in [-0.1, -0.05) is 0 Å². The topological polar surface area (TPSA) is 67.1 Å². The van der Waals surface area contributed by atoms with Gasteiger partial charge in [-0.2, -0.15) is 29.5 Å². The third kappa shape index (κ3) is 3.36. The van der Waals surface area contributed by atoms with Crippen LogP contribution in [-0.4, -0.2) is 17.0 Å². The SMILES string of the molecule is CN(Cc1ccsc1)c1cc(C(F)(F)F)nc(NN)n1. The minimum atomic E-state index is -4.55. The van der Waals surface area contributed by atoms with Crippen molar-refractivity contribution in [3.8, 4) is 0 Å². The van der Waals surface area contributed by atoms with Gasteiger partial charge in [0.25, 0.3) is 0 Å². The fraction of sp³-hybridized carbons (Fsp3) is 0.273. The number of thiophene rings is 1. The molecule has 2 rings (SSSR count). The van der Waals surface area contributed by atoms with E-state index >= 15 is 0 Å². The number of halogens is 3. The minimum Gasteiger partial charge on any atom is -0.355 e. The molecule has 0 aliphatic carbocycles. The molecule has 2 heterocycles. The maximum Gasteiger partial charge on any atom is 0.433 e. The van der Waals surface area contributed by atoms with Crippen molar-refractivity contribution in [2.45, 2.75) is 12.7 Å². The van der Waals surface area contributed by atoms with E-state index in [0.717, 1.165) is 11.6 Å². The Labute approximate surface area is 117 Å². The average molecular weight is 303 g/mol. The Morgan fingerprint density at radius 2 is 2.15 bits per heavy atom. The zero-order valence-electron chi connectivity index (χ0n) is 10.5. The molecule has 0 saturated heterocycles. The first kappa shape index (κ1) is 14.5. The molecule has 0 aromatic carbocycles. The summed E-state index contributed by atoms with van der Waals surface area (Å²) in [5.74, 6) is 4.98. The number of nitrogens with zero attached hydrogens (tertiary/aromatic N) is 3. The van der Waals surface area contributed by atoms with Crippen molar-refractivity contribution >= 4 is 23.1 Å². The van der Waals surface area contributed by atoms with Gasteiger partial charge in [-0.15, -0.1) is 0 Å². The highest BCUT2D eigenvalue weighted by Crippen LogP contribution is 2.30. The normalized spacial score (nSPS) is 11.4. The maximum absolute atomic E-state index is 12.7. The lowest BCUT2D eigenvalue weighted by Gasteiger charge is -2.19. The van der Waals surface area contributed by atoms with Crippen molar-refractivity contribution in [2.75, 3.05) is 17.4 Å². The second-order valence-corrected chi connectivity index (χ2v) is 4.84. The summed E-state index contributed by atoms with van der Waals surface area (Å²) in [7, 11) is 1.65. The Balaban J connectivity index is 2.30. The predicted octanol–water partition coefficient (Wildman–Crippen LogP) is 2.48. The Morgan fingerprint density at radius 1 is 1.40 bits per heavy atom. The molecule has 0 saturated carbocycles.